The number of pyridine rings is 1. The van der Waals surface area contributed by atoms with Crippen LogP contribution < -0.4 is 9.62 Å². The molecule has 0 saturated carbocycles. The highest BCUT2D eigenvalue weighted by atomic mass is 32.2. The number of benzene rings is 5. The number of rotatable bonds is 13. The van der Waals surface area contributed by atoms with E-state index in [1.807, 2.05) is 61.2 Å². The topological polar surface area (TPSA) is 99.7 Å². The molecule has 5 aromatic carbocycles. The van der Waals surface area contributed by atoms with Gasteiger partial charge in [-0.15, -0.1) is 0 Å². The second kappa shape index (κ2) is 15.2. The molecule has 1 unspecified atom stereocenters. The summed E-state index contributed by atoms with van der Waals surface area (Å²) in [5, 5.41) is 0. The fourth-order valence-corrected chi connectivity index (χ4v) is 8.99. The second-order valence-electron chi connectivity index (χ2n) is 14.2. The number of aromatic nitrogens is 1. The molecule has 0 aliphatic carbocycles. The Morgan fingerprint density at radius 3 is 1.76 bits per heavy atom. The molecule has 1 aliphatic rings. The molecule has 1 N–H and O–H groups in total. The summed E-state index contributed by atoms with van der Waals surface area (Å²) in [4.78, 5) is 33.9. The molecule has 0 bridgehead atoms. The Morgan fingerprint density at radius 1 is 0.741 bits per heavy atom. The highest BCUT2D eigenvalue weighted by Gasteiger charge is 2.50. The Hall–Kier alpha value is -5.90. The molecule has 1 saturated heterocycles. The fraction of sp³-hybridized carbons (Fsp3) is 0.178. The zero-order valence-corrected chi connectivity index (χ0v) is 31.1. The number of carbonyl (C=O) groups excluding carboxylic acids is 2. The van der Waals surface area contributed by atoms with Crippen LogP contribution in [0.4, 0.5) is 11.5 Å². The number of aldehydes is 1. The quantitative estimate of drug-likeness (QED) is 0.0742. The van der Waals surface area contributed by atoms with Gasteiger partial charge in [0.2, 0.25) is 15.8 Å². The number of Topliss-reactive ketones (excluding diaryl/α,β-unsaturated/α-hetero) is 1. The van der Waals surface area contributed by atoms with Crippen LogP contribution in [0.25, 0.3) is 0 Å². The number of nitrogens with one attached hydrogen (secondary N) is 1. The van der Waals surface area contributed by atoms with E-state index in [1.165, 1.54) is 0 Å². The largest absolute Gasteiger partial charge is 0.346 e. The number of carbonyl (C=O) groups is 2. The van der Waals surface area contributed by atoms with E-state index in [9.17, 15) is 18.0 Å². The molecule has 0 spiro atoms. The Morgan fingerprint density at radius 2 is 1.24 bits per heavy atom. The van der Waals surface area contributed by atoms with Gasteiger partial charge in [0.25, 0.3) is 0 Å². The molecule has 2 heterocycles. The minimum Gasteiger partial charge on any atom is -0.346 e. The van der Waals surface area contributed by atoms with E-state index in [0.717, 1.165) is 33.5 Å². The van der Waals surface area contributed by atoms with Crippen molar-refractivity contribution in [2.24, 2.45) is 0 Å². The van der Waals surface area contributed by atoms with Gasteiger partial charge in [-0.25, -0.2) is 13.4 Å². The third-order valence-electron chi connectivity index (χ3n) is 10.4. The molecular weight excluding hydrogens is 693 g/mol. The third kappa shape index (κ3) is 7.20. The molecule has 54 heavy (non-hydrogen) atoms. The molecule has 1 atom stereocenters. The van der Waals surface area contributed by atoms with E-state index < -0.39 is 32.8 Å². The average molecular weight is 735 g/mol. The van der Waals surface area contributed by atoms with Gasteiger partial charge in [0.15, 0.2) is 6.29 Å². The maximum atomic E-state index is 13.4. The maximum Gasteiger partial charge on any atom is 0.238 e. The lowest BCUT2D eigenvalue weighted by molar-refractivity contribution is -0.131. The third-order valence-corrected chi connectivity index (χ3v) is 11.6. The van der Waals surface area contributed by atoms with Crippen molar-refractivity contribution in [2.75, 3.05) is 16.3 Å². The first-order chi connectivity index (χ1) is 26.1. The Balaban J connectivity index is 1.21. The van der Waals surface area contributed by atoms with E-state index in [0.29, 0.717) is 25.1 Å². The van der Waals surface area contributed by atoms with Crippen molar-refractivity contribution in [1.29, 1.82) is 0 Å². The van der Waals surface area contributed by atoms with E-state index in [1.54, 1.807) is 36.5 Å². The lowest BCUT2D eigenvalue weighted by Crippen LogP contribution is -2.51. The summed E-state index contributed by atoms with van der Waals surface area (Å²) in [5.74, 6) is -0.472. The van der Waals surface area contributed by atoms with Crippen molar-refractivity contribution in [3.8, 4) is 0 Å². The zero-order chi connectivity index (χ0) is 37.8. The molecule has 9 heteroatoms. The van der Waals surface area contributed by atoms with Gasteiger partial charge in [0.05, 0.1) is 17.8 Å². The normalized spacial score (nSPS) is 15.8. The summed E-state index contributed by atoms with van der Waals surface area (Å²) in [5.41, 5.74) is 5.33. The Labute approximate surface area is 317 Å². The summed E-state index contributed by atoms with van der Waals surface area (Å²) in [6.07, 6.45) is 1.98. The summed E-state index contributed by atoms with van der Waals surface area (Å²) < 4.78 is 28.5. The van der Waals surface area contributed by atoms with Gasteiger partial charge in [-0.1, -0.05) is 133 Å². The first-order valence-electron chi connectivity index (χ1n) is 17.9. The number of nitrogens with zero attached hydrogens (tertiary/aromatic N) is 3. The summed E-state index contributed by atoms with van der Waals surface area (Å²) in [6, 6.07) is 51.5. The van der Waals surface area contributed by atoms with Crippen LogP contribution in [0, 0.1) is 0 Å². The van der Waals surface area contributed by atoms with Crippen LogP contribution in [-0.4, -0.2) is 48.6 Å². The van der Waals surface area contributed by atoms with Crippen LogP contribution in [0.15, 0.2) is 164 Å². The van der Waals surface area contributed by atoms with Crippen LogP contribution >= 0.6 is 0 Å². The summed E-state index contributed by atoms with van der Waals surface area (Å²) in [7, 11) is -3.71. The minimum atomic E-state index is -3.71. The molecule has 8 nitrogen and oxygen atoms in total. The highest BCUT2D eigenvalue weighted by molar-refractivity contribution is 7.91. The molecule has 0 radical (unpaired) electrons. The number of hydrogen-bond acceptors (Lipinski definition) is 7. The van der Waals surface area contributed by atoms with Crippen molar-refractivity contribution < 1.29 is 18.0 Å². The lowest BCUT2D eigenvalue weighted by atomic mass is 9.65. The molecule has 1 aliphatic heterocycles. The average Bonchev–Trinajstić information content (AvgIpc) is 3.45. The van der Waals surface area contributed by atoms with Crippen LogP contribution in [0.1, 0.15) is 47.2 Å². The molecule has 7 rings (SSSR count). The first kappa shape index (κ1) is 36.5. The van der Waals surface area contributed by atoms with Crippen LogP contribution in [0.3, 0.4) is 0 Å². The van der Waals surface area contributed by atoms with Crippen molar-refractivity contribution >= 4 is 33.6 Å². The van der Waals surface area contributed by atoms with Gasteiger partial charge in [-0.2, -0.15) is 0 Å². The number of anilines is 2. The van der Waals surface area contributed by atoms with Crippen LogP contribution in [0.5, 0.6) is 0 Å². The van der Waals surface area contributed by atoms with Gasteiger partial charge < -0.3 is 4.90 Å². The summed E-state index contributed by atoms with van der Waals surface area (Å²) in [6.45, 7) is 4.67. The Bertz CT molecular complexity index is 2220. The van der Waals surface area contributed by atoms with Crippen LogP contribution in [-0.2, 0) is 37.3 Å². The van der Waals surface area contributed by atoms with Crippen LogP contribution in [0.2, 0.25) is 0 Å². The van der Waals surface area contributed by atoms with Gasteiger partial charge in [0.1, 0.15) is 11.9 Å². The van der Waals surface area contributed by atoms with Crippen molar-refractivity contribution in [3.63, 3.8) is 0 Å². The molecule has 0 amide bonds. The van der Waals surface area contributed by atoms with E-state index >= 15 is 0 Å². The first-order valence-corrected chi connectivity index (χ1v) is 19.5. The van der Waals surface area contributed by atoms with Crippen molar-refractivity contribution in [2.45, 2.75) is 43.1 Å². The predicted molar refractivity (Wildman–Crippen MR) is 214 cm³/mol. The summed E-state index contributed by atoms with van der Waals surface area (Å²) >= 11 is 0. The molecule has 1 fully saturated rings. The number of ketones is 1. The van der Waals surface area contributed by atoms with Gasteiger partial charge in [-0.3, -0.25) is 19.2 Å². The standard InChI is InChI=1S/C45H42N4O4S/c1-44(2)43(41(51)31-50)49(33-48(44)30-35-27-28-46-42(29-35)47-54(52,53)32-34-15-7-3-8-16-34)40-25-23-39(24-26-40)45(36-17-9-4-10-18-36,37-19-11-5-12-20-37)38-21-13-6-14-22-38/h3-29,31,43H,30,32-33H2,1-2H3,(H,46,47). The van der Waals surface area contributed by atoms with Gasteiger partial charge in [-0.05, 0) is 71.5 Å². The van der Waals surface area contributed by atoms with E-state index in [4.69, 9.17) is 0 Å². The zero-order valence-electron chi connectivity index (χ0n) is 30.2. The van der Waals surface area contributed by atoms with Crippen molar-refractivity contribution in [1.82, 2.24) is 9.88 Å². The monoisotopic (exact) mass is 734 g/mol. The minimum absolute atomic E-state index is 0.175. The lowest BCUT2D eigenvalue weighted by Gasteiger charge is -2.37. The highest BCUT2D eigenvalue weighted by Crippen LogP contribution is 2.46. The maximum absolute atomic E-state index is 13.4. The SMILES string of the molecule is CC1(C)C(C(=O)C=O)N(c2ccc(C(c3ccccc3)(c3ccccc3)c3ccccc3)cc2)CN1Cc1ccnc(NS(=O)(=O)Cc2ccccc2)c1. The van der Waals surface area contributed by atoms with Gasteiger partial charge in [0, 0.05) is 24.0 Å². The smallest absolute Gasteiger partial charge is 0.238 e. The van der Waals surface area contributed by atoms with Crippen molar-refractivity contribution in [3.05, 3.63) is 197 Å². The van der Waals surface area contributed by atoms with E-state index in [-0.39, 0.29) is 11.6 Å². The fourth-order valence-electron chi connectivity index (χ4n) is 7.86. The molecular formula is C45H42N4O4S. The van der Waals surface area contributed by atoms with Gasteiger partial charge >= 0.3 is 0 Å². The predicted octanol–water partition coefficient (Wildman–Crippen LogP) is 7.60. The number of hydrogen-bond donors (Lipinski definition) is 1. The molecule has 272 valence electrons. The molecule has 1 aromatic heterocycles. The molecule has 6 aromatic rings. The second-order valence-corrected chi connectivity index (χ2v) is 15.9. The number of sulfonamides is 1. The van der Waals surface area contributed by atoms with E-state index in [2.05, 4.69) is 99.5 Å². The Kier molecular flexibility index (Phi) is 10.3.